The molecule has 1 heterocycles. The Bertz CT molecular complexity index is 809. The standard InChI is InChI=1S/C20H23N3O2/c1-3-11-25-18-10-9-15(12-19(18)24-4-2)13-21-14-20-22-16-7-5-6-8-17(16)23-20/h3,5-10,12,21H,1,4,11,13-14H2,2H3,(H,22,23). The Hall–Kier alpha value is -2.79. The Labute approximate surface area is 147 Å². The van der Waals surface area contributed by atoms with Crippen LogP contribution in [0, 0.1) is 0 Å². The number of aromatic amines is 1. The molecule has 2 N–H and O–H groups in total. The van der Waals surface area contributed by atoms with E-state index >= 15 is 0 Å². The summed E-state index contributed by atoms with van der Waals surface area (Å²) in [4.78, 5) is 7.88. The molecule has 0 saturated heterocycles. The molecule has 0 unspecified atom stereocenters. The van der Waals surface area contributed by atoms with E-state index < -0.39 is 0 Å². The van der Waals surface area contributed by atoms with Crippen LogP contribution in [-0.2, 0) is 13.1 Å². The number of ether oxygens (including phenoxy) is 2. The highest BCUT2D eigenvalue weighted by Crippen LogP contribution is 2.28. The summed E-state index contributed by atoms with van der Waals surface area (Å²) in [6, 6.07) is 14.0. The number of H-pyrrole nitrogens is 1. The van der Waals surface area contributed by atoms with Crippen LogP contribution in [0.4, 0.5) is 0 Å². The second kappa shape index (κ2) is 8.35. The molecule has 0 atom stereocenters. The first-order valence-electron chi connectivity index (χ1n) is 8.44. The first-order valence-corrected chi connectivity index (χ1v) is 8.44. The lowest BCUT2D eigenvalue weighted by molar-refractivity contribution is 0.296. The van der Waals surface area contributed by atoms with Crippen molar-refractivity contribution in [2.75, 3.05) is 13.2 Å². The van der Waals surface area contributed by atoms with Crippen molar-refractivity contribution in [3.05, 3.63) is 66.5 Å². The van der Waals surface area contributed by atoms with Crippen molar-refractivity contribution in [3.63, 3.8) is 0 Å². The zero-order valence-electron chi connectivity index (χ0n) is 14.4. The fourth-order valence-corrected chi connectivity index (χ4v) is 2.61. The van der Waals surface area contributed by atoms with Crippen LogP contribution in [0.25, 0.3) is 11.0 Å². The predicted octanol–water partition coefficient (Wildman–Crippen LogP) is 3.82. The summed E-state index contributed by atoms with van der Waals surface area (Å²) in [7, 11) is 0. The molecule has 0 spiro atoms. The van der Waals surface area contributed by atoms with Crippen LogP contribution in [0.5, 0.6) is 11.5 Å². The van der Waals surface area contributed by atoms with Crippen LogP contribution < -0.4 is 14.8 Å². The molecule has 3 aromatic rings. The molecule has 25 heavy (non-hydrogen) atoms. The van der Waals surface area contributed by atoms with E-state index in [1.54, 1.807) is 6.08 Å². The third kappa shape index (κ3) is 4.39. The lowest BCUT2D eigenvalue weighted by atomic mass is 10.2. The maximum Gasteiger partial charge on any atom is 0.161 e. The summed E-state index contributed by atoms with van der Waals surface area (Å²) in [5.74, 6) is 2.42. The zero-order chi connectivity index (χ0) is 17.5. The van der Waals surface area contributed by atoms with Crippen LogP contribution in [0.3, 0.4) is 0 Å². The number of para-hydroxylation sites is 2. The van der Waals surface area contributed by atoms with Gasteiger partial charge in [-0.1, -0.05) is 30.9 Å². The Morgan fingerprint density at radius 1 is 1.12 bits per heavy atom. The average Bonchev–Trinajstić information content (AvgIpc) is 3.04. The van der Waals surface area contributed by atoms with Crippen LogP contribution in [-0.4, -0.2) is 23.2 Å². The number of aromatic nitrogens is 2. The van der Waals surface area contributed by atoms with Gasteiger partial charge in [-0.2, -0.15) is 0 Å². The Morgan fingerprint density at radius 2 is 2.00 bits per heavy atom. The number of hydrogen-bond donors (Lipinski definition) is 2. The van der Waals surface area contributed by atoms with Crippen molar-refractivity contribution in [2.45, 2.75) is 20.0 Å². The molecule has 130 valence electrons. The molecule has 5 nitrogen and oxygen atoms in total. The van der Waals surface area contributed by atoms with Crippen molar-refractivity contribution in [2.24, 2.45) is 0 Å². The molecule has 0 fully saturated rings. The van der Waals surface area contributed by atoms with Crippen molar-refractivity contribution >= 4 is 11.0 Å². The van der Waals surface area contributed by atoms with Gasteiger partial charge in [0.2, 0.25) is 0 Å². The molecule has 0 radical (unpaired) electrons. The SMILES string of the molecule is C=CCOc1ccc(CNCc2nc3ccccc3[nH]2)cc1OCC. The van der Waals surface area contributed by atoms with Gasteiger partial charge in [-0.25, -0.2) is 4.98 Å². The largest absolute Gasteiger partial charge is 0.490 e. The number of imidazole rings is 1. The number of nitrogens with zero attached hydrogens (tertiary/aromatic N) is 1. The van der Waals surface area contributed by atoms with Gasteiger partial charge in [0.05, 0.1) is 24.2 Å². The van der Waals surface area contributed by atoms with Gasteiger partial charge in [-0.05, 0) is 36.8 Å². The highest BCUT2D eigenvalue weighted by molar-refractivity contribution is 5.74. The molecule has 0 saturated carbocycles. The maximum atomic E-state index is 5.67. The lowest BCUT2D eigenvalue weighted by Gasteiger charge is -2.12. The zero-order valence-corrected chi connectivity index (χ0v) is 14.4. The van der Waals surface area contributed by atoms with Gasteiger partial charge in [0.25, 0.3) is 0 Å². The molecule has 5 heteroatoms. The Morgan fingerprint density at radius 3 is 2.80 bits per heavy atom. The summed E-state index contributed by atoms with van der Waals surface area (Å²) in [5.41, 5.74) is 3.17. The molecular weight excluding hydrogens is 314 g/mol. The summed E-state index contributed by atoms with van der Waals surface area (Å²) in [6.45, 7) is 8.09. The molecule has 1 aromatic heterocycles. The highest BCUT2D eigenvalue weighted by Gasteiger charge is 2.07. The second-order valence-electron chi connectivity index (χ2n) is 5.62. The first-order chi connectivity index (χ1) is 12.3. The molecule has 0 aliphatic rings. The Kier molecular flexibility index (Phi) is 5.69. The van der Waals surface area contributed by atoms with Gasteiger partial charge < -0.3 is 19.8 Å². The van der Waals surface area contributed by atoms with E-state index in [1.165, 1.54) is 0 Å². The van der Waals surface area contributed by atoms with Gasteiger partial charge in [0.15, 0.2) is 11.5 Å². The molecule has 0 amide bonds. The fourth-order valence-electron chi connectivity index (χ4n) is 2.61. The average molecular weight is 337 g/mol. The molecule has 0 aliphatic heterocycles. The van der Waals surface area contributed by atoms with Gasteiger partial charge in [0, 0.05) is 6.54 Å². The molecule has 2 aromatic carbocycles. The van der Waals surface area contributed by atoms with Gasteiger partial charge >= 0.3 is 0 Å². The predicted molar refractivity (Wildman–Crippen MR) is 99.9 cm³/mol. The van der Waals surface area contributed by atoms with E-state index in [0.29, 0.717) is 19.8 Å². The topological polar surface area (TPSA) is 59.2 Å². The quantitative estimate of drug-likeness (QED) is 0.583. The summed E-state index contributed by atoms with van der Waals surface area (Å²) in [5, 5.41) is 3.40. The minimum Gasteiger partial charge on any atom is -0.490 e. The molecule has 0 aliphatic carbocycles. The maximum absolute atomic E-state index is 5.67. The second-order valence-corrected chi connectivity index (χ2v) is 5.62. The number of nitrogens with one attached hydrogen (secondary N) is 2. The third-order valence-corrected chi connectivity index (χ3v) is 3.72. The number of fused-ring (bicyclic) bond motifs is 1. The smallest absolute Gasteiger partial charge is 0.161 e. The van der Waals surface area contributed by atoms with Gasteiger partial charge in [0.1, 0.15) is 12.4 Å². The van der Waals surface area contributed by atoms with Crippen LogP contribution in [0.2, 0.25) is 0 Å². The van der Waals surface area contributed by atoms with E-state index in [9.17, 15) is 0 Å². The number of rotatable bonds is 9. The van der Waals surface area contributed by atoms with E-state index in [-0.39, 0.29) is 0 Å². The van der Waals surface area contributed by atoms with Crippen LogP contribution >= 0.6 is 0 Å². The number of benzene rings is 2. The van der Waals surface area contributed by atoms with Crippen molar-refractivity contribution < 1.29 is 9.47 Å². The van der Waals surface area contributed by atoms with E-state index in [1.807, 2.05) is 49.4 Å². The first kappa shape index (κ1) is 17.0. The lowest BCUT2D eigenvalue weighted by Crippen LogP contribution is -2.14. The van der Waals surface area contributed by atoms with Crippen molar-refractivity contribution in [1.29, 1.82) is 0 Å². The minimum absolute atomic E-state index is 0.462. The van der Waals surface area contributed by atoms with E-state index in [0.717, 1.165) is 40.5 Å². The fraction of sp³-hybridized carbons (Fsp3) is 0.250. The number of hydrogen-bond acceptors (Lipinski definition) is 4. The van der Waals surface area contributed by atoms with Crippen molar-refractivity contribution in [1.82, 2.24) is 15.3 Å². The molecule has 3 rings (SSSR count). The highest BCUT2D eigenvalue weighted by atomic mass is 16.5. The van der Waals surface area contributed by atoms with E-state index in [2.05, 4.69) is 21.9 Å². The summed E-state index contributed by atoms with van der Waals surface area (Å²) >= 11 is 0. The summed E-state index contributed by atoms with van der Waals surface area (Å²) < 4.78 is 11.3. The van der Waals surface area contributed by atoms with Crippen LogP contribution in [0.15, 0.2) is 55.1 Å². The molecule has 0 bridgehead atoms. The molecular formula is C20H23N3O2. The van der Waals surface area contributed by atoms with E-state index in [4.69, 9.17) is 9.47 Å². The minimum atomic E-state index is 0.462. The summed E-state index contributed by atoms with van der Waals surface area (Å²) in [6.07, 6.45) is 1.72. The van der Waals surface area contributed by atoms with Crippen molar-refractivity contribution in [3.8, 4) is 11.5 Å². The third-order valence-electron chi connectivity index (χ3n) is 3.72. The van der Waals surface area contributed by atoms with Gasteiger partial charge in [-0.15, -0.1) is 0 Å². The van der Waals surface area contributed by atoms with Crippen LogP contribution in [0.1, 0.15) is 18.3 Å². The monoisotopic (exact) mass is 337 g/mol. The Balaban J connectivity index is 1.61. The normalized spacial score (nSPS) is 10.8. The van der Waals surface area contributed by atoms with Gasteiger partial charge in [-0.3, -0.25) is 0 Å².